The van der Waals surface area contributed by atoms with Crippen LogP contribution in [0.4, 0.5) is 0 Å². The van der Waals surface area contributed by atoms with Crippen LogP contribution in [0.1, 0.15) is 43.2 Å². The van der Waals surface area contributed by atoms with Crippen LogP contribution in [0.3, 0.4) is 0 Å². The van der Waals surface area contributed by atoms with Gasteiger partial charge in [-0.2, -0.15) is 0 Å². The van der Waals surface area contributed by atoms with Crippen LogP contribution in [-0.4, -0.2) is 50.6 Å². The second kappa shape index (κ2) is 8.54. The number of methoxy groups -OCH3 is 2. The minimum atomic E-state index is 0.0618. The topological polar surface area (TPSA) is 42.0 Å². The molecule has 0 bridgehead atoms. The summed E-state index contributed by atoms with van der Waals surface area (Å²) in [7, 11) is 7.66. The van der Waals surface area contributed by atoms with E-state index in [1.54, 1.807) is 14.2 Å². The average molecular weight is 423 g/mol. The summed E-state index contributed by atoms with van der Waals surface area (Å²) >= 11 is 0. The summed E-state index contributed by atoms with van der Waals surface area (Å²) in [6, 6.07) is 16.8. The van der Waals surface area contributed by atoms with Gasteiger partial charge in [0.15, 0.2) is 11.5 Å². The van der Waals surface area contributed by atoms with Crippen molar-refractivity contribution >= 4 is 5.91 Å². The van der Waals surface area contributed by atoms with Gasteiger partial charge in [-0.05, 0) is 68.5 Å². The van der Waals surface area contributed by atoms with Crippen molar-refractivity contribution in [2.24, 2.45) is 5.41 Å². The predicted octanol–water partition coefficient (Wildman–Crippen LogP) is 4.45. The highest BCUT2D eigenvalue weighted by Crippen LogP contribution is 2.52. The van der Waals surface area contributed by atoms with Crippen molar-refractivity contribution in [2.75, 3.05) is 34.9 Å². The molecule has 2 aliphatic rings. The third-order valence-electron chi connectivity index (χ3n) is 7.53. The standard InChI is InChI=1S/C26H34N2O3/c1-27(2)26(21-8-6-5-7-9-21)14-12-25(13-15-26)17-24(29)28(19-25)18-20-10-11-22(30-3)23(16-20)31-4/h5-11,16H,12-15,17-19H2,1-4H3. The van der Waals surface area contributed by atoms with E-state index in [2.05, 4.69) is 49.3 Å². The zero-order valence-electron chi connectivity index (χ0n) is 19.2. The molecular formula is C26H34N2O3. The molecule has 166 valence electrons. The van der Waals surface area contributed by atoms with E-state index in [0.29, 0.717) is 24.5 Å². The van der Waals surface area contributed by atoms with Gasteiger partial charge in [0.1, 0.15) is 0 Å². The van der Waals surface area contributed by atoms with E-state index in [-0.39, 0.29) is 16.9 Å². The van der Waals surface area contributed by atoms with E-state index in [1.165, 1.54) is 5.56 Å². The summed E-state index contributed by atoms with van der Waals surface area (Å²) in [6.45, 7) is 1.47. The number of amides is 1. The van der Waals surface area contributed by atoms with Gasteiger partial charge in [0, 0.05) is 25.0 Å². The molecule has 2 aromatic carbocycles. The molecule has 0 N–H and O–H groups in total. The van der Waals surface area contributed by atoms with Crippen LogP contribution in [0.25, 0.3) is 0 Å². The first kappa shape index (κ1) is 21.7. The lowest BCUT2D eigenvalue weighted by Crippen LogP contribution is -2.47. The Morgan fingerprint density at radius 2 is 1.61 bits per heavy atom. The highest BCUT2D eigenvalue weighted by Gasteiger charge is 2.50. The van der Waals surface area contributed by atoms with Gasteiger partial charge >= 0.3 is 0 Å². The molecule has 2 fully saturated rings. The quantitative estimate of drug-likeness (QED) is 0.690. The number of carbonyl (C=O) groups excluding carboxylic acids is 1. The monoisotopic (exact) mass is 422 g/mol. The van der Waals surface area contributed by atoms with Gasteiger partial charge in [0.05, 0.1) is 14.2 Å². The first-order chi connectivity index (χ1) is 14.9. The fourth-order valence-electron chi connectivity index (χ4n) is 5.60. The molecule has 0 aromatic heterocycles. The van der Waals surface area contributed by atoms with Crippen LogP contribution >= 0.6 is 0 Å². The lowest BCUT2D eigenvalue weighted by atomic mass is 9.64. The summed E-state index contributed by atoms with van der Waals surface area (Å²) in [4.78, 5) is 17.4. The maximum atomic E-state index is 13.0. The van der Waals surface area contributed by atoms with Crippen molar-refractivity contribution in [1.29, 1.82) is 0 Å². The average Bonchev–Trinajstić information content (AvgIpc) is 3.09. The molecule has 0 radical (unpaired) electrons. The lowest BCUT2D eigenvalue weighted by Gasteiger charge is -2.48. The van der Waals surface area contributed by atoms with Crippen molar-refractivity contribution in [2.45, 2.75) is 44.2 Å². The van der Waals surface area contributed by atoms with E-state index in [0.717, 1.165) is 37.8 Å². The van der Waals surface area contributed by atoms with Gasteiger partial charge in [-0.25, -0.2) is 0 Å². The molecule has 1 aliphatic heterocycles. The molecule has 1 saturated heterocycles. The Kier molecular flexibility index (Phi) is 5.98. The van der Waals surface area contributed by atoms with Crippen LogP contribution in [0.5, 0.6) is 11.5 Å². The highest BCUT2D eigenvalue weighted by atomic mass is 16.5. The molecule has 0 unspecified atom stereocenters. The molecule has 1 amide bonds. The van der Waals surface area contributed by atoms with Crippen molar-refractivity contribution in [3.63, 3.8) is 0 Å². The fourth-order valence-corrected chi connectivity index (χ4v) is 5.60. The van der Waals surface area contributed by atoms with E-state index in [9.17, 15) is 4.79 Å². The Morgan fingerprint density at radius 3 is 2.23 bits per heavy atom. The van der Waals surface area contributed by atoms with E-state index in [1.807, 2.05) is 23.1 Å². The molecule has 0 atom stereocenters. The zero-order valence-corrected chi connectivity index (χ0v) is 19.2. The molecule has 1 spiro atoms. The van der Waals surface area contributed by atoms with E-state index in [4.69, 9.17) is 9.47 Å². The number of ether oxygens (including phenoxy) is 2. The predicted molar refractivity (Wildman–Crippen MR) is 122 cm³/mol. The lowest BCUT2D eigenvalue weighted by molar-refractivity contribution is -0.128. The van der Waals surface area contributed by atoms with Crippen molar-refractivity contribution < 1.29 is 14.3 Å². The van der Waals surface area contributed by atoms with Crippen molar-refractivity contribution in [3.05, 3.63) is 59.7 Å². The number of likely N-dealkylation sites (tertiary alicyclic amines) is 1. The number of hydrogen-bond donors (Lipinski definition) is 0. The number of carbonyl (C=O) groups is 1. The molecule has 1 saturated carbocycles. The van der Waals surface area contributed by atoms with Gasteiger partial charge in [-0.3, -0.25) is 9.69 Å². The number of benzene rings is 2. The van der Waals surface area contributed by atoms with Gasteiger partial charge in [0.25, 0.3) is 0 Å². The number of rotatable bonds is 6. The van der Waals surface area contributed by atoms with Crippen LogP contribution in [0.2, 0.25) is 0 Å². The smallest absolute Gasteiger partial charge is 0.223 e. The first-order valence-electron chi connectivity index (χ1n) is 11.1. The molecule has 31 heavy (non-hydrogen) atoms. The van der Waals surface area contributed by atoms with Gasteiger partial charge in [-0.1, -0.05) is 36.4 Å². The Morgan fingerprint density at radius 1 is 0.935 bits per heavy atom. The first-order valence-corrected chi connectivity index (χ1v) is 11.1. The van der Waals surface area contributed by atoms with E-state index < -0.39 is 0 Å². The molecule has 2 aromatic rings. The number of nitrogens with zero attached hydrogens (tertiary/aromatic N) is 2. The second-order valence-electron chi connectivity index (χ2n) is 9.41. The highest BCUT2D eigenvalue weighted by molar-refractivity contribution is 5.79. The molecule has 1 heterocycles. The minimum absolute atomic E-state index is 0.0618. The molecule has 5 heteroatoms. The number of hydrogen-bond acceptors (Lipinski definition) is 4. The van der Waals surface area contributed by atoms with Gasteiger partial charge < -0.3 is 14.4 Å². The van der Waals surface area contributed by atoms with Crippen LogP contribution in [-0.2, 0) is 16.9 Å². The normalized spacial score (nSPS) is 26.0. The van der Waals surface area contributed by atoms with Gasteiger partial charge in [0.2, 0.25) is 5.91 Å². The zero-order chi connectivity index (χ0) is 22.1. The molecular weight excluding hydrogens is 388 g/mol. The third-order valence-corrected chi connectivity index (χ3v) is 7.53. The van der Waals surface area contributed by atoms with E-state index >= 15 is 0 Å². The molecule has 5 nitrogen and oxygen atoms in total. The Labute approximate surface area is 185 Å². The maximum absolute atomic E-state index is 13.0. The Bertz CT molecular complexity index is 918. The summed E-state index contributed by atoms with van der Waals surface area (Å²) in [5, 5.41) is 0. The summed E-state index contributed by atoms with van der Waals surface area (Å²) in [5.74, 6) is 1.69. The SMILES string of the molecule is COc1ccc(CN2CC3(CCC(c4ccccc4)(N(C)C)CC3)CC2=O)cc1OC. The summed E-state index contributed by atoms with van der Waals surface area (Å²) in [5.41, 5.74) is 2.63. The Hall–Kier alpha value is -2.53. The Balaban J connectivity index is 1.47. The molecule has 1 aliphatic carbocycles. The fraction of sp³-hybridized carbons (Fsp3) is 0.500. The van der Waals surface area contributed by atoms with Crippen molar-refractivity contribution in [3.8, 4) is 11.5 Å². The minimum Gasteiger partial charge on any atom is -0.493 e. The largest absolute Gasteiger partial charge is 0.493 e. The van der Waals surface area contributed by atoms with Crippen LogP contribution in [0, 0.1) is 5.41 Å². The van der Waals surface area contributed by atoms with Crippen LogP contribution in [0.15, 0.2) is 48.5 Å². The van der Waals surface area contributed by atoms with Crippen molar-refractivity contribution in [1.82, 2.24) is 9.80 Å². The third kappa shape index (κ3) is 4.03. The summed E-state index contributed by atoms with van der Waals surface area (Å²) < 4.78 is 10.8. The maximum Gasteiger partial charge on any atom is 0.223 e. The molecule has 4 rings (SSSR count). The van der Waals surface area contributed by atoms with Crippen LogP contribution < -0.4 is 9.47 Å². The van der Waals surface area contributed by atoms with Gasteiger partial charge in [-0.15, -0.1) is 0 Å². The second-order valence-corrected chi connectivity index (χ2v) is 9.41. The summed E-state index contributed by atoms with van der Waals surface area (Å²) in [6.07, 6.45) is 4.99.